The first-order valence-electron chi connectivity index (χ1n) is 5.48. The van der Waals surface area contributed by atoms with Crippen molar-refractivity contribution in [2.24, 2.45) is 0 Å². The second kappa shape index (κ2) is 5.01. The van der Waals surface area contributed by atoms with Crippen LogP contribution in [0.5, 0.6) is 0 Å². The molecule has 5 nitrogen and oxygen atoms in total. The Kier molecular flexibility index (Phi) is 3.41. The fourth-order valence-electron chi connectivity index (χ4n) is 1.62. The monoisotopic (exact) mass is 264 g/mol. The minimum Gasteiger partial charge on any atom is -0.462 e. The molecule has 19 heavy (non-hydrogen) atoms. The summed E-state index contributed by atoms with van der Waals surface area (Å²) in [4.78, 5) is 34.5. The molecule has 0 unspecified atom stereocenters. The molecule has 0 saturated carbocycles. The summed E-state index contributed by atoms with van der Waals surface area (Å²) in [5, 5.41) is 0. The number of cyclic esters (lactones) is 1. The van der Waals surface area contributed by atoms with Gasteiger partial charge in [0.2, 0.25) is 0 Å². The zero-order valence-corrected chi connectivity index (χ0v) is 9.94. The third-order valence-corrected chi connectivity index (χ3v) is 2.40. The highest BCUT2D eigenvalue weighted by atomic mass is 19.1. The average Bonchev–Trinajstić information content (AvgIpc) is 2.66. The molecule has 0 fully saturated rings. The molecule has 1 aliphatic rings. The van der Waals surface area contributed by atoms with Gasteiger partial charge >= 0.3 is 11.9 Å². The molecule has 98 valence electrons. The first-order chi connectivity index (χ1) is 9.04. The van der Waals surface area contributed by atoms with Gasteiger partial charge in [0.25, 0.3) is 5.78 Å². The number of ketones is 1. The van der Waals surface area contributed by atoms with Gasteiger partial charge < -0.3 is 9.47 Å². The van der Waals surface area contributed by atoms with Crippen LogP contribution in [-0.2, 0) is 23.9 Å². The molecule has 1 aliphatic heterocycles. The molecule has 0 bridgehead atoms. The van der Waals surface area contributed by atoms with Gasteiger partial charge in [0, 0.05) is 5.56 Å². The normalized spacial score (nSPS) is 14.6. The average molecular weight is 264 g/mol. The number of Topliss-reactive ketones (excluding diaryl/α,β-unsaturated/α-hetero) is 1. The quantitative estimate of drug-likeness (QED) is 0.466. The highest BCUT2D eigenvalue weighted by Crippen LogP contribution is 2.28. The Morgan fingerprint density at radius 2 is 2.11 bits per heavy atom. The zero-order valence-electron chi connectivity index (χ0n) is 9.94. The fourth-order valence-corrected chi connectivity index (χ4v) is 1.62. The minimum absolute atomic E-state index is 0.0419. The molecule has 0 spiro atoms. The number of ether oxygens (including phenoxy) is 2. The van der Waals surface area contributed by atoms with Gasteiger partial charge in [0.15, 0.2) is 11.3 Å². The van der Waals surface area contributed by atoms with Crippen LogP contribution in [-0.4, -0.2) is 24.3 Å². The van der Waals surface area contributed by atoms with Crippen LogP contribution in [0.1, 0.15) is 12.5 Å². The minimum atomic E-state index is -1.18. The smallest absolute Gasteiger partial charge is 0.385 e. The van der Waals surface area contributed by atoms with E-state index in [-0.39, 0.29) is 17.9 Å². The van der Waals surface area contributed by atoms with Crippen molar-refractivity contribution in [1.82, 2.24) is 0 Å². The predicted octanol–water partition coefficient (Wildman–Crippen LogP) is 1.23. The van der Waals surface area contributed by atoms with Crippen LogP contribution < -0.4 is 0 Å². The summed E-state index contributed by atoms with van der Waals surface area (Å²) in [5.41, 5.74) is -0.375. The maximum Gasteiger partial charge on any atom is 0.385 e. The highest BCUT2D eigenvalue weighted by Gasteiger charge is 2.40. The number of carbonyl (C=O) groups is 3. The molecule has 1 aromatic carbocycles. The van der Waals surface area contributed by atoms with Gasteiger partial charge in [-0.15, -0.1) is 0 Å². The Bertz CT molecular complexity index is 603. The van der Waals surface area contributed by atoms with E-state index in [2.05, 4.69) is 4.74 Å². The highest BCUT2D eigenvalue weighted by molar-refractivity contribution is 6.51. The Labute approximate surface area is 107 Å². The molecular weight excluding hydrogens is 255 g/mol. The van der Waals surface area contributed by atoms with E-state index in [1.165, 1.54) is 18.2 Å². The molecule has 0 aliphatic carbocycles. The van der Waals surface area contributed by atoms with Gasteiger partial charge in [-0.25, -0.2) is 14.0 Å². The molecule has 1 heterocycles. The van der Waals surface area contributed by atoms with Crippen LogP contribution in [0.3, 0.4) is 0 Å². The topological polar surface area (TPSA) is 69.7 Å². The summed E-state index contributed by atoms with van der Waals surface area (Å²) in [6, 6.07) is 5.04. The summed E-state index contributed by atoms with van der Waals surface area (Å²) in [5.74, 6) is -4.07. The van der Waals surface area contributed by atoms with Gasteiger partial charge in [-0.3, -0.25) is 4.79 Å². The van der Waals surface area contributed by atoms with Gasteiger partial charge in [0.05, 0.1) is 6.61 Å². The summed E-state index contributed by atoms with van der Waals surface area (Å²) in [6.45, 7) is 1.60. The van der Waals surface area contributed by atoms with Crippen LogP contribution in [0, 0.1) is 5.82 Å². The van der Waals surface area contributed by atoms with E-state index in [9.17, 15) is 18.8 Å². The van der Waals surface area contributed by atoms with E-state index in [0.717, 1.165) is 6.07 Å². The number of esters is 2. The molecule has 2 rings (SSSR count). The number of hydrogen-bond donors (Lipinski definition) is 0. The largest absolute Gasteiger partial charge is 0.462 e. The van der Waals surface area contributed by atoms with E-state index < -0.39 is 29.1 Å². The lowest BCUT2D eigenvalue weighted by atomic mass is 10.1. The number of carbonyl (C=O) groups excluding carboxylic acids is 3. The SMILES string of the molecule is CCOC(=O)C1=C(c2cccc(F)c2)OC(=O)C1=O. The molecule has 0 N–H and O–H groups in total. The molecule has 0 amide bonds. The van der Waals surface area contributed by atoms with E-state index in [4.69, 9.17) is 4.74 Å². The van der Waals surface area contributed by atoms with Crippen molar-refractivity contribution in [2.45, 2.75) is 6.92 Å². The second-order valence-electron chi connectivity index (χ2n) is 3.65. The molecular formula is C13H9FO5. The van der Waals surface area contributed by atoms with E-state index in [0.29, 0.717) is 0 Å². The molecule has 1 aromatic rings. The zero-order chi connectivity index (χ0) is 14.0. The summed E-state index contributed by atoms with van der Waals surface area (Å²) < 4.78 is 22.5. The molecule has 0 saturated heterocycles. The van der Waals surface area contributed by atoms with Crippen LogP contribution in [0.15, 0.2) is 29.8 Å². The van der Waals surface area contributed by atoms with Crippen molar-refractivity contribution in [1.29, 1.82) is 0 Å². The Morgan fingerprint density at radius 1 is 1.37 bits per heavy atom. The van der Waals surface area contributed by atoms with Gasteiger partial charge in [-0.1, -0.05) is 12.1 Å². The van der Waals surface area contributed by atoms with Gasteiger partial charge in [0.1, 0.15) is 5.82 Å². The maximum absolute atomic E-state index is 13.1. The van der Waals surface area contributed by atoms with Gasteiger partial charge in [-0.2, -0.15) is 0 Å². The lowest BCUT2D eigenvalue weighted by Gasteiger charge is -2.04. The first-order valence-corrected chi connectivity index (χ1v) is 5.48. The maximum atomic E-state index is 13.1. The standard InChI is InChI=1S/C13H9FO5/c1-2-18-12(16)9-10(15)13(17)19-11(9)7-4-3-5-8(14)6-7/h3-6H,2H2,1H3. The summed E-state index contributed by atoms with van der Waals surface area (Å²) in [7, 11) is 0. The number of benzene rings is 1. The number of rotatable bonds is 3. The first kappa shape index (κ1) is 12.9. The molecule has 0 radical (unpaired) electrons. The second-order valence-corrected chi connectivity index (χ2v) is 3.65. The van der Waals surface area contributed by atoms with Crippen LogP contribution in [0.4, 0.5) is 4.39 Å². The predicted molar refractivity (Wildman–Crippen MR) is 61.1 cm³/mol. The summed E-state index contributed by atoms with van der Waals surface area (Å²) in [6.07, 6.45) is 0. The molecule has 0 aromatic heterocycles. The van der Waals surface area contributed by atoms with Crippen molar-refractivity contribution in [2.75, 3.05) is 6.61 Å². The van der Waals surface area contributed by atoms with E-state index >= 15 is 0 Å². The third kappa shape index (κ3) is 2.37. The van der Waals surface area contributed by atoms with Crippen molar-refractivity contribution in [3.05, 3.63) is 41.2 Å². The van der Waals surface area contributed by atoms with Crippen LogP contribution in [0.25, 0.3) is 5.76 Å². The number of hydrogen-bond acceptors (Lipinski definition) is 5. The lowest BCUT2D eigenvalue weighted by molar-refractivity contribution is -0.147. The van der Waals surface area contributed by atoms with Crippen LogP contribution >= 0.6 is 0 Å². The summed E-state index contributed by atoms with van der Waals surface area (Å²) >= 11 is 0. The van der Waals surface area contributed by atoms with E-state index in [1.807, 2.05) is 0 Å². The van der Waals surface area contributed by atoms with Gasteiger partial charge in [-0.05, 0) is 19.1 Å². The Hall–Kier alpha value is -2.50. The van der Waals surface area contributed by atoms with Crippen molar-refractivity contribution in [3.8, 4) is 0 Å². The molecule has 6 heteroatoms. The fraction of sp³-hybridized carbons (Fsp3) is 0.154. The lowest BCUT2D eigenvalue weighted by Crippen LogP contribution is -2.17. The van der Waals surface area contributed by atoms with Crippen molar-refractivity contribution in [3.63, 3.8) is 0 Å². The van der Waals surface area contributed by atoms with E-state index in [1.54, 1.807) is 6.92 Å². The molecule has 0 atom stereocenters. The Morgan fingerprint density at radius 3 is 2.74 bits per heavy atom. The van der Waals surface area contributed by atoms with Crippen LogP contribution in [0.2, 0.25) is 0 Å². The Balaban J connectivity index is 2.52. The number of halogens is 1. The van der Waals surface area contributed by atoms with Crippen molar-refractivity contribution < 1.29 is 28.2 Å². The third-order valence-electron chi connectivity index (χ3n) is 2.40. The van der Waals surface area contributed by atoms with Crippen molar-refractivity contribution >= 4 is 23.5 Å².